The number of ether oxygens (including phenoxy) is 1. The summed E-state index contributed by atoms with van der Waals surface area (Å²) < 4.78 is 5.36. The summed E-state index contributed by atoms with van der Waals surface area (Å²) in [6, 6.07) is 3.69. The maximum atomic E-state index is 12.8. The Labute approximate surface area is 194 Å². The molecule has 3 heterocycles. The number of allylic oxidation sites excluding steroid dienone is 4. The van der Waals surface area contributed by atoms with E-state index >= 15 is 0 Å². The number of rotatable bonds is 4. The molecule has 1 aromatic carbocycles. The molecule has 0 radical (unpaired) electrons. The van der Waals surface area contributed by atoms with E-state index in [1.54, 1.807) is 18.4 Å². The Morgan fingerprint density at radius 2 is 1.79 bits per heavy atom. The Hall–Kier alpha value is -3.23. The minimum absolute atomic E-state index is 0.0196. The Bertz CT molecular complexity index is 1080. The van der Waals surface area contributed by atoms with Crippen LogP contribution in [0.5, 0.6) is 0 Å². The van der Waals surface area contributed by atoms with E-state index in [1.807, 2.05) is 37.0 Å². The molecule has 8 nitrogen and oxygen atoms in total. The molecule has 4 N–H and O–H groups in total. The maximum absolute atomic E-state index is 12.8. The van der Waals surface area contributed by atoms with Crippen LogP contribution in [0.3, 0.4) is 0 Å². The normalized spacial score (nSPS) is 20.7. The molecule has 1 saturated heterocycles. The quantitative estimate of drug-likeness (QED) is 0.682. The summed E-state index contributed by atoms with van der Waals surface area (Å²) in [5, 5.41) is 0. The van der Waals surface area contributed by atoms with Gasteiger partial charge in [0.25, 0.3) is 0 Å². The summed E-state index contributed by atoms with van der Waals surface area (Å²) in [6.07, 6.45) is 9.38. The number of carbonyl (C=O) groups is 2. The van der Waals surface area contributed by atoms with Crippen molar-refractivity contribution in [2.75, 3.05) is 55.8 Å². The van der Waals surface area contributed by atoms with Gasteiger partial charge in [0.15, 0.2) is 5.78 Å². The molecule has 0 spiro atoms. The predicted molar refractivity (Wildman–Crippen MR) is 131 cm³/mol. The lowest BCUT2D eigenvalue weighted by molar-refractivity contribution is -0.122. The van der Waals surface area contributed by atoms with Crippen molar-refractivity contribution < 1.29 is 14.3 Å². The lowest BCUT2D eigenvalue weighted by Gasteiger charge is -2.27. The number of benzene rings is 1. The predicted octanol–water partition coefficient (Wildman–Crippen LogP) is 2.22. The van der Waals surface area contributed by atoms with Gasteiger partial charge in [-0.25, -0.2) is 0 Å². The number of carbonyl (C=O) groups excluding carboxylic acids is 2. The number of nitrogen functional groups attached to an aromatic ring is 2. The van der Waals surface area contributed by atoms with Crippen molar-refractivity contribution in [2.45, 2.75) is 25.7 Å². The highest BCUT2D eigenvalue weighted by Gasteiger charge is 2.44. The van der Waals surface area contributed by atoms with Gasteiger partial charge in [0, 0.05) is 44.0 Å². The second-order valence-corrected chi connectivity index (χ2v) is 9.05. The monoisotopic (exact) mass is 449 g/mol. The standard InChI is InChI=1S/C17H26N4O2.C8H5NO/c1-17(2)12-10-13(18)14(19)11-15(12)21(16(17)22)5-3-4-20-6-8-23-9-7-20;10-7-2-1-6-3-4-9-8(6)5-7/h10-11H,3-9,18-19H2,1-2H3;1-5H. The Morgan fingerprint density at radius 1 is 1.06 bits per heavy atom. The Kier molecular flexibility index (Phi) is 6.49. The van der Waals surface area contributed by atoms with Crippen molar-refractivity contribution in [1.29, 1.82) is 0 Å². The molecule has 0 aromatic heterocycles. The van der Waals surface area contributed by atoms with Crippen molar-refractivity contribution in [2.24, 2.45) is 4.99 Å². The fraction of sp³-hybridized carbons (Fsp3) is 0.400. The first kappa shape index (κ1) is 22.9. The molecule has 1 fully saturated rings. The van der Waals surface area contributed by atoms with Crippen LogP contribution < -0.4 is 16.4 Å². The van der Waals surface area contributed by atoms with Crippen molar-refractivity contribution in [3.63, 3.8) is 0 Å². The number of hydrogen-bond donors (Lipinski definition) is 2. The van der Waals surface area contributed by atoms with Gasteiger partial charge in [0.2, 0.25) is 5.91 Å². The van der Waals surface area contributed by atoms with E-state index in [2.05, 4.69) is 9.89 Å². The molecule has 1 amide bonds. The van der Waals surface area contributed by atoms with Gasteiger partial charge in [-0.15, -0.1) is 0 Å². The zero-order valence-corrected chi connectivity index (χ0v) is 19.2. The summed E-state index contributed by atoms with van der Waals surface area (Å²) >= 11 is 0. The first-order chi connectivity index (χ1) is 15.8. The molecule has 33 heavy (non-hydrogen) atoms. The smallest absolute Gasteiger partial charge is 0.237 e. The van der Waals surface area contributed by atoms with E-state index < -0.39 is 5.41 Å². The van der Waals surface area contributed by atoms with Crippen LogP contribution in [0.25, 0.3) is 0 Å². The van der Waals surface area contributed by atoms with Crippen LogP contribution in [0.2, 0.25) is 0 Å². The lowest BCUT2D eigenvalue weighted by Crippen LogP contribution is -2.40. The van der Waals surface area contributed by atoms with Crippen LogP contribution >= 0.6 is 0 Å². The Morgan fingerprint density at radius 3 is 2.55 bits per heavy atom. The van der Waals surface area contributed by atoms with Gasteiger partial charge < -0.3 is 21.1 Å². The number of hydrogen-bond acceptors (Lipinski definition) is 7. The van der Waals surface area contributed by atoms with Gasteiger partial charge in [-0.1, -0.05) is 0 Å². The van der Waals surface area contributed by atoms with Gasteiger partial charge in [-0.2, -0.15) is 0 Å². The van der Waals surface area contributed by atoms with Crippen LogP contribution in [-0.2, 0) is 19.7 Å². The molecule has 1 aromatic rings. The van der Waals surface area contributed by atoms with E-state index in [1.165, 1.54) is 6.08 Å². The highest BCUT2D eigenvalue weighted by molar-refractivity contribution is 6.08. The number of anilines is 3. The SMILES string of the molecule is CC1(C)C(=O)N(CCCN2CCOCC2)c2cc(N)c(N)cc21.O=C1C=CC2=CC=NC2=C1. The first-order valence-electron chi connectivity index (χ1n) is 11.3. The number of fused-ring (bicyclic) bond motifs is 2. The second-order valence-electron chi connectivity index (χ2n) is 9.05. The van der Waals surface area contributed by atoms with Gasteiger partial charge >= 0.3 is 0 Å². The summed E-state index contributed by atoms with van der Waals surface area (Å²) in [6.45, 7) is 9.13. The van der Waals surface area contributed by atoms with Crippen LogP contribution in [0.15, 0.2) is 52.7 Å². The van der Waals surface area contributed by atoms with Crippen LogP contribution in [0.1, 0.15) is 25.8 Å². The summed E-state index contributed by atoms with van der Waals surface area (Å²) in [5.41, 5.74) is 16.1. The molecule has 174 valence electrons. The van der Waals surface area contributed by atoms with Crippen LogP contribution in [0.4, 0.5) is 17.1 Å². The molecule has 0 bridgehead atoms. The molecule has 3 aliphatic heterocycles. The minimum atomic E-state index is -0.546. The minimum Gasteiger partial charge on any atom is -0.397 e. The van der Waals surface area contributed by atoms with Crippen molar-refractivity contribution in [1.82, 2.24) is 4.90 Å². The first-order valence-corrected chi connectivity index (χ1v) is 11.3. The van der Waals surface area contributed by atoms with Crippen molar-refractivity contribution in [3.05, 3.63) is 53.3 Å². The molecule has 4 aliphatic rings. The van der Waals surface area contributed by atoms with Crippen LogP contribution in [0, 0.1) is 0 Å². The third-order valence-corrected chi connectivity index (χ3v) is 6.37. The summed E-state index contributed by atoms with van der Waals surface area (Å²) in [7, 11) is 0. The molecule has 0 saturated carbocycles. The van der Waals surface area contributed by atoms with E-state index in [4.69, 9.17) is 16.2 Å². The second kappa shape index (κ2) is 9.33. The average molecular weight is 450 g/mol. The van der Waals surface area contributed by atoms with Gasteiger partial charge in [-0.05, 0) is 56.2 Å². The molecule has 0 unspecified atom stereocenters. The van der Waals surface area contributed by atoms with Gasteiger partial charge in [0.1, 0.15) is 0 Å². The van der Waals surface area contributed by atoms with Gasteiger partial charge in [-0.3, -0.25) is 19.5 Å². The zero-order chi connectivity index (χ0) is 23.6. The topological polar surface area (TPSA) is 114 Å². The number of aliphatic imine (C=N–C) groups is 1. The molecule has 0 atom stereocenters. The number of nitrogens with two attached hydrogens (primary N) is 2. The van der Waals surface area contributed by atoms with Crippen molar-refractivity contribution in [3.8, 4) is 0 Å². The fourth-order valence-electron chi connectivity index (χ4n) is 4.38. The average Bonchev–Trinajstić information content (AvgIpc) is 3.32. The molecule has 8 heteroatoms. The maximum Gasteiger partial charge on any atom is 0.237 e. The number of nitrogens with zero attached hydrogens (tertiary/aromatic N) is 3. The van der Waals surface area contributed by atoms with Crippen molar-refractivity contribution >= 4 is 35.0 Å². The van der Waals surface area contributed by atoms with Gasteiger partial charge in [0.05, 0.1) is 41.4 Å². The van der Waals surface area contributed by atoms with E-state index in [9.17, 15) is 9.59 Å². The highest BCUT2D eigenvalue weighted by atomic mass is 16.5. The largest absolute Gasteiger partial charge is 0.397 e. The molecule has 5 rings (SSSR count). The van der Waals surface area contributed by atoms with E-state index in [0.717, 1.165) is 61.8 Å². The van der Waals surface area contributed by atoms with Crippen LogP contribution in [-0.4, -0.2) is 62.2 Å². The highest BCUT2D eigenvalue weighted by Crippen LogP contribution is 2.44. The number of morpholine rings is 1. The number of amides is 1. The van der Waals surface area contributed by atoms with E-state index in [0.29, 0.717) is 17.9 Å². The molecular weight excluding hydrogens is 418 g/mol. The third kappa shape index (κ3) is 4.77. The summed E-state index contributed by atoms with van der Waals surface area (Å²) in [5.74, 6) is 0.144. The summed E-state index contributed by atoms with van der Waals surface area (Å²) in [4.78, 5) is 31.8. The zero-order valence-electron chi connectivity index (χ0n) is 19.2. The van der Waals surface area contributed by atoms with E-state index in [-0.39, 0.29) is 11.7 Å². The fourth-order valence-corrected chi connectivity index (χ4v) is 4.38. The number of ketones is 1. The Balaban J connectivity index is 0.000000214. The lowest BCUT2D eigenvalue weighted by atomic mass is 9.86. The molecule has 1 aliphatic carbocycles. The molecular formula is C25H31N5O3. The third-order valence-electron chi connectivity index (χ3n) is 6.37.